The molecule has 4 N–H and O–H groups in total. The lowest BCUT2D eigenvalue weighted by molar-refractivity contribution is -0.862. The molecule has 1 rings (SSSR count). The van der Waals surface area contributed by atoms with E-state index in [1.807, 2.05) is 0 Å². The summed E-state index contributed by atoms with van der Waals surface area (Å²) in [6.45, 7) is 1.36. The Kier molecular flexibility index (Phi) is 6.28. The fourth-order valence-electron chi connectivity index (χ4n) is 1.55. The number of carbonyl (C=O) groups is 3. The number of hydrazine groups is 1. The molecule has 21 heavy (non-hydrogen) atoms. The fraction of sp³-hybridized carbons (Fsp3) is 0.308. The van der Waals surface area contributed by atoms with E-state index in [2.05, 4.69) is 16.2 Å². The van der Waals surface area contributed by atoms with Crippen LogP contribution in [0.25, 0.3) is 0 Å². The van der Waals surface area contributed by atoms with Crippen LogP contribution in [0.15, 0.2) is 24.3 Å². The normalized spacial score (nSPS) is 11.4. The highest BCUT2D eigenvalue weighted by Crippen LogP contribution is 2.07. The Morgan fingerprint density at radius 1 is 1.05 bits per heavy atom. The summed E-state index contributed by atoms with van der Waals surface area (Å²) >= 11 is 0. The quantitative estimate of drug-likeness (QED) is 0.496. The Morgan fingerprint density at radius 2 is 1.62 bits per heavy atom. The number of hydrogen-bond acceptors (Lipinski definition) is 3. The predicted molar refractivity (Wildman–Crippen MR) is 73.6 cm³/mol. The van der Waals surface area contributed by atoms with E-state index in [9.17, 15) is 18.8 Å². The zero-order valence-electron chi connectivity index (χ0n) is 11.8. The van der Waals surface area contributed by atoms with Crippen LogP contribution in [0.3, 0.4) is 0 Å². The molecule has 0 saturated carbocycles. The van der Waals surface area contributed by atoms with Crippen molar-refractivity contribution in [2.24, 2.45) is 0 Å². The van der Waals surface area contributed by atoms with Crippen molar-refractivity contribution in [3.8, 4) is 0 Å². The molecule has 7 nitrogen and oxygen atoms in total. The number of nitrogens with one attached hydrogen (secondary N) is 4. The van der Waals surface area contributed by atoms with Crippen molar-refractivity contribution in [1.82, 2.24) is 10.9 Å². The first kappa shape index (κ1) is 16.6. The standard InChI is InChI=1S/C13H17FN4O3/c1-9(19)16-17-13(21)8-18(2)7-12(20)15-11-5-3-10(14)4-6-11/h3-6H,7-8H2,1-2H3,(H,15,20)(H,16,19)(H,17,21)/p+1. The van der Waals surface area contributed by atoms with E-state index >= 15 is 0 Å². The third-order valence-corrected chi connectivity index (χ3v) is 2.43. The van der Waals surface area contributed by atoms with Crippen LogP contribution in [0.4, 0.5) is 10.1 Å². The maximum absolute atomic E-state index is 12.7. The molecule has 0 heterocycles. The number of quaternary nitrogens is 1. The maximum atomic E-state index is 12.7. The third kappa shape index (κ3) is 7.02. The third-order valence-electron chi connectivity index (χ3n) is 2.43. The number of carbonyl (C=O) groups excluding carboxylic acids is 3. The van der Waals surface area contributed by atoms with Gasteiger partial charge in [0.05, 0.1) is 7.05 Å². The van der Waals surface area contributed by atoms with Gasteiger partial charge >= 0.3 is 0 Å². The zero-order valence-corrected chi connectivity index (χ0v) is 11.8. The van der Waals surface area contributed by atoms with Gasteiger partial charge in [-0.3, -0.25) is 25.2 Å². The predicted octanol–water partition coefficient (Wildman–Crippen LogP) is -1.55. The minimum absolute atomic E-state index is 0.0249. The molecule has 0 saturated heterocycles. The maximum Gasteiger partial charge on any atom is 0.293 e. The number of benzene rings is 1. The molecular formula is C13H18FN4O3+. The van der Waals surface area contributed by atoms with Gasteiger partial charge in [0.2, 0.25) is 5.91 Å². The summed E-state index contributed by atoms with van der Waals surface area (Å²) in [5.41, 5.74) is 4.85. The van der Waals surface area contributed by atoms with Gasteiger partial charge in [-0.2, -0.15) is 0 Å². The van der Waals surface area contributed by atoms with Crippen molar-refractivity contribution in [2.75, 3.05) is 25.5 Å². The van der Waals surface area contributed by atoms with E-state index in [4.69, 9.17) is 0 Å². The molecule has 0 spiro atoms. The summed E-state index contributed by atoms with van der Waals surface area (Å²) in [4.78, 5) is 34.4. The molecule has 0 aliphatic heterocycles. The Labute approximate surface area is 121 Å². The molecule has 0 radical (unpaired) electrons. The Bertz CT molecular complexity index is 519. The van der Waals surface area contributed by atoms with Crippen LogP contribution < -0.4 is 21.1 Å². The average Bonchev–Trinajstić information content (AvgIpc) is 2.38. The van der Waals surface area contributed by atoms with Crippen LogP contribution in [0.2, 0.25) is 0 Å². The van der Waals surface area contributed by atoms with E-state index < -0.39 is 5.91 Å². The van der Waals surface area contributed by atoms with Crippen molar-refractivity contribution in [3.63, 3.8) is 0 Å². The number of hydrogen-bond donors (Lipinski definition) is 4. The van der Waals surface area contributed by atoms with Crippen molar-refractivity contribution < 1.29 is 23.7 Å². The van der Waals surface area contributed by atoms with Crippen molar-refractivity contribution in [1.29, 1.82) is 0 Å². The van der Waals surface area contributed by atoms with Gasteiger partial charge in [-0.25, -0.2) is 4.39 Å². The monoisotopic (exact) mass is 297 g/mol. The number of amides is 3. The highest BCUT2D eigenvalue weighted by atomic mass is 19.1. The molecular weight excluding hydrogens is 279 g/mol. The minimum atomic E-state index is -0.405. The van der Waals surface area contributed by atoms with Crippen LogP contribution in [0.1, 0.15) is 6.92 Å². The molecule has 1 atom stereocenters. The van der Waals surface area contributed by atoms with Gasteiger partial charge in [0.25, 0.3) is 11.8 Å². The van der Waals surface area contributed by atoms with Gasteiger partial charge in [0.15, 0.2) is 13.1 Å². The number of halogens is 1. The molecule has 0 bridgehead atoms. The summed E-state index contributed by atoms with van der Waals surface area (Å²) in [5, 5.41) is 2.60. The molecule has 1 aromatic rings. The molecule has 0 aliphatic carbocycles. The first-order valence-electron chi connectivity index (χ1n) is 6.29. The van der Waals surface area contributed by atoms with Crippen molar-refractivity contribution in [3.05, 3.63) is 30.1 Å². The second-order valence-electron chi connectivity index (χ2n) is 4.60. The Balaban J connectivity index is 2.34. The van der Waals surface area contributed by atoms with E-state index in [0.717, 1.165) is 0 Å². The Hall–Kier alpha value is -2.48. The van der Waals surface area contributed by atoms with E-state index in [1.165, 1.54) is 31.2 Å². The lowest BCUT2D eigenvalue weighted by Crippen LogP contribution is -3.11. The van der Waals surface area contributed by atoms with Gasteiger partial charge in [-0.15, -0.1) is 0 Å². The SMILES string of the molecule is CC(=O)NNC(=O)C[NH+](C)CC(=O)Nc1ccc(F)cc1. The van der Waals surface area contributed by atoms with Crippen LogP contribution in [0, 0.1) is 5.82 Å². The second-order valence-corrected chi connectivity index (χ2v) is 4.60. The molecule has 0 aliphatic rings. The molecule has 114 valence electrons. The Morgan fingerprint density at radius 3 is 2.19 bits per heavy atom. The molecule has 1 unspecified atom stereocenters. The van der Waals surface area contributed by atoms with Crippen LogP contribution in [0.5, 0.6) is 0 Å². The van der Waals surface area contributed by atoms with E-state index in [-0.39, 0.29) is 30.7 Å². The zero-order chi connectivity index (χ0) is 15.8. The van der Waals surface area contributed by atoms with Crippen molar-refractivity contribution >= 4 is 23.4 Å². The van der Waals surface area contributed by atoms with Gasteiger partial charge in [0, 0.05) is 12.6 Å². The lowest BCUT2D eigenvalue weighted by Gasteiger charge is -2.13. The van der Waals surface area contributed by atoms with Gasteiger partial charge < -0.3 is 10.2 Å². The lowest BCUT2D eigenvalue weighted by atomic mass is 10.3. The van der Waals surface area contributed by atoms with Gasteiger partial charge in [0.1, 0.15) is 5.82 Å². The number of rotatable bonds is 5. The van der Waals surface area contributed by atoms with Crippen LogP contribution >= 0.6 is 0 Å². The molecule has 8 heteroatoms. The van der Waals surface area contributed by atoms with E-state index in [1.54, 1.807) is 7.05 Å². The van der Waals surface area contributed by atoms with Crippen LogP contribution in [-0.4, -0.2) is 37.9 Å². The average molecular weight is 297 g/mol. The molecule has 3 amide bonds. The smallest absolute Gasteiger partial charge is 0.293 e. The van der Waals surface area contributed by atoms with Crippen molar-refractivity contribution in [2.45, 2.75) is 6.92 Å². The highest BCUT2D eigenvalue weighted by Gasteiger charge is 2.14. The first-order chi connectivity index (χ1) is 9.86. The topological polar surface area (TPSA) is 91.7 Å². The molecule has 0 aromatic heterocycles. The highest BCUT2D eigenvalue weighted by molar-refractivity contribution is 5.91. The summed E-state index contributed by atoms with van der Waals surface area (Å²) in [7, 11) is 1.66. The van der Waals surface area contributed by atoms with Crippen LogP contribution in [-0.2, 0) is 14.4 Å². The summed E-state index contributed by atoms with van der Waals surface area (Å²) < 4.78 is 12.7. The second kappa shape index (κ2) is 7.95. The van der Waals surface area contributed by atoms with Gasteiger partial charge in [-0.05, 0) is 24.3 Å². The number of anilines is 1. The molecule has 0 fully saturated rings. The number of likely N-dealkylation sites (N-methyl/N-ethyl adjacent to an activating group) is 1. The summed E-state index contributed by atoms with van der Waals surface area (Å²) in [6, 6.07) is 5.39. The minimum Gasteiger partial charge on any atom is -0.322 e. The fourth-order valence-corrected chi connectivity index (χ4v) is 1.55. The largest absolute Gasteiger partial charge is 0.322 e. The summed E-state index contributed by atoms with van der Waals surface area (Å²) in [6.07, 6.45) is 0. The summed E-state index contributed by atoms with van der Waals surface area (Å²) in [5.74, 6) is -1.47. The molecule has 1 aromatic carbocycles. The van der Waals surface area contributed by atoms with Gasteiger partial charge in [-0.1, -0.05) is 0 Å². The van der Waals surface area contributed by atoms with E-state index in [0.29, 0.717) is 10.6 Å². The first-order valence-corrected chi connectivity index (χ1v) is 6.29.